The summed E-state index contributed by atoms with van der Waals surface area (Å²) in [5.74, 6) is 1.63. The molecular formula is C15H21N3O3. The van der Waals surface area contributed by atoms with E-state index in [-0.39, 0.29) is 17.9 Å². The zero-order valence-electron chi connectivity index (χ0n) is 12.3. The van der Waals surface area contributed by atoms with Crippen LogP contribution >= 0.6 is 0 Å². The normalized spacial score (nSPS) is 23.3. The number of nitrogens with zero attached hydrogens (tertiary/aromatic N) is 3. The first kappa shape index (κ1) is 14.3. The molecule has 2 aliphatic heterocycles. The van der Waals surface area contributed by atoms with Gasteiger partial charge in [-0.2, -0.15) is 4.98 Å². The SMILES string of the molecule is Cc1nccc(OC2CCN(C(=O)[C@H]3CCOC3)CC2)n1. The van der Waals surface area contributed by atoms with E-state index in [2.05, 4.69) is 9.97 Å². The number of rotatable bonds is 3. The molecule has 114 valence electrons. The van der Waals surface area contributed by atoms with Gasteiger partial charge >= 0.3 is 0 Å². The Kier molecular flexibility index (Phi) is 4.34. The van der Waals surface area contributed by atoms with Gasteiger partial charge in [0, 0.05) is 44.8 Å². The minimum atomic E-state index is 0.0620. The van der Waals surface area contributed by atoms with Gasteiger partial charge in [-0.15, -0.1) is 0 Å². The maximum absolute atomic E-state index is 12.3. The maximum atomic E-state index is 12.3. The molecule has 0 aromatic carbocycles. The van der Waals surface area contributed by atoms with Crippen molar-refractivity contribution in [2.24, 2.45) is 5.92 Å². The lowest BCUT2D eigenvalue weighted by molar-refractivity contribution is -0.137. The lowest BCUT2D eigenvalue weighted by Crippen LogP contribution is -2.44. The number of aryl methyl sites for hydroxylation is 1. The van der Waals surface area contributed by atoms with Gasteiger partial charge in [0.2, 0.25) is 11.8 Å². The largest absolute Gasteiger partial charge is 0.474 e. The third-order valence-corrected chi connectivity index (χ3v) is 4.07. The summed E-state index contributed by atoms with van der Waals surface area (Å²) in [4.78, 5) is 22.6. The Morgan fingerprint density at radius 2 is 2.19 bits per heavy atom. The Balaban J connectivity index is 1.49. The summed E-state index contributed by atoms with van der Waals surface area (Å²) >= 11 is 0. The van der Waals surface area contributed by atoms with Gasteiger partial charge in [-0.1, -0.05) is 0 Å². The van der Waals surface area contributed by atoms with Crippen molar-refractivity contribution in [3.63, 3.8) is 0 Å². The average molecular weight is 291 g/mol. The molecular weight excluding hydrogens is 270 g/mol. The fourth-order valence-corrected chi connectivity index (χ4v) is 2.85. The molecule has 1 aromatic heterocycles. The van der Waals surface area contributed by atoms with Crippen LogP contribution in [0, 0.1) is 12.8 Å². The van der Waals surface area contributed by atoms with Crippen molar-refractivity contribution >= 4 is 5.91 Å². The number of ether oxygens (including phenoxy) is 2. The Morgan fingerprint density at radius 1 is 1.38 bits per heavy atom. The highest BCUT2D eigenvalue weighted by molar-refractivity contribution is 5.79. The molecule has 1 amide bonds. The summed E-state index contributed by atoms with van der Waals surface area (Å²) in [6, 6.07) is 1.78. The van der Waals surface area contributed by atoms with Crippen molar-refractivity contribution in [2.45, 2.75) is 32.3 Å². The van der Waals surface area contributed by atoms with Gasteiger partial charge in [0.25, 0.3) is 0 Å². The van der Waals surface area contributed by atoms with E-state index in [1.165, 1.54) is 0 Å². The lowest BCUT2D eigenvalue weighted by Gasteiger charge is -2.33. The zero-order chi connectivity index (χ0) is 14.7. The number of likely N-dealkylation sites (tertiary alicyclic amines) is 1. The van der Waals surface area contributed by atoms with Gasteiger partial charge in [-0.05, 0) is 13.3 Å². The molecule has 1 aromatic rings. The van der Waals surface area contributed by atoms with E-state index >= 15 is 0 Å². The summed E-state index contributed by atoms with van der Waals surface area (Å²) < 4.78 is 11.2. The third-order valence-electron chi connectivity index (χ3n) is 4.07. The van der Waals surface area contributed by atoms with Gasteiger partial charge in [-0.3, -0.25) is 4.79 Å². The number of hydrogen-bond acceptors (Lipinski definition) is 5. The molecule has 6 nitrogen and oxygen atoms in total. The predicted octanol–water partition coefficient (Wildman–Crippen LogP) is 1.19. The van der Waals surface area contributed by atoms with Crippen LogP contribution in [0.5, 0.6) is 5.88 Å². The van der Waals surface area contributed by atoms with Crippen LogP contribution in [0.25, 0.3) is 0 Å². The van der Waals surface area contributed by atoms with Gasteiger partial charge in [0.05, 0.1) is 12.5 Å². The van der Waals surface area contributed by atoms with Crippen LogP contribution in [0.1, 0.15) is 25.1 Å². The van der Waals surface area contributed by atoms with Crippen molar-refractivity contribution in [3.8, 4) is 5.88 Å². The van der Waals surface area contributed by atoms with Crippen molar-refractivity contribution in [1.29, 1.82) is 0 Å². The van der Waals surface area contributed by atoms with Crippen LogP contribution in [0.4, 0.5) is 0 Å². The smallest absolute Gasteiger partial charge is 0.228 e. The number of piperidine rings is 1. The van der Waals surface area contributed by atoms with E-state index in [0.29, 0.717) is 24.9 Å². The third kappa shape index (κ3) is 3.50. The predicted molar refractivity (Wildman–Crippen MR) is 75.9 cm³/mol. The van der Waals surface area contributed by atoms with Gasteiger partial charge in [0.15, 0.2) is 0 Å². The van der Waals surface area contributed by atoms with Crippen molar-refractivity contribution in [1.82, 2.24) is 14.9 Å². The first-order valence-electron chi connectivity index (χ1n) is 7.55. The van der Waals surface area contributed by atoms with Crippen molar-refractivity contribution in [3.05, 3.63) is 18.1 Å². The molecule has 2 aliphatic rings. The second kappa shape index (κ2) is 6.39. The molecule has 0 bridgehead atoms. The molecule has 3 rings (SSSR count). The van der Waals surface area contributed by atoms with E-state index < -0.39 is 0 Å². The quantitative estimate of drug-likeness (QED) is 0.837. The highest BCUT2D eigenvalue weighted by Crippen LogP contribution is 2.21. The van der Waals surface area contributed by atoms with Crippen LogP contribution < -0.4 is 4.74 Å². The zero-order valence-corrected chi connectivity index (χ0v) is 12.3. The fourth-order valence-electron chi connectivity index (χ4n) is 2.85. The molecule has 0 N–H and O–H groups in total. The summed E-state index contributed by atoms with van der Waals surface area (Å²) in [6.07, 6.45) is 4.39. The van der Waals surface area contributed by atoms with Crippen LogP contribution in [0.15, 0.2) is 12.3 Å². The monoisotopic (exact) mass is 291 g/mol. The first-order valence-corrected chi connectivity index (χ1v) is 7.55. The van der Waals surface area contributed by atoms with Crippen LogP contribution in [-0.4, -0.2) is 53.2 Å². The summed E-state index contributed by atoms with van der Waals surface area (Å²) in [5, 5.41) is 0. The topological polar surface area (TPSA) is 64.5 Å². The average Bonchev–Trinajstić information content (AvgIpc) is 3.01. The van der Waals surface area contributed by atoms with E-state index in [1.807, 2.05) is 11.8 Å². The Morgan fingerprint density at radius 3 is 2.86 bits per heavy atom. The molecule has 21 heavy (non-hydrogen) atoms. The molecule has 0 radical (unpaired) electrons. The van der Waals surface area contributed by atoms with Crippen molar-refractivity contribution in [2.75, 3.05) is 26.3 Å². The molecule has 0 spiro atoms. The van der Waals surface area contributed by atoms with E-state index in [1.54, 1.807) is 12.3 Å². The number of carbonyl (C=O) groups excluding carboxylic acids is 1. The summed E-state index contributed by atoms with van der Waals surface area (Å²) in [6.45, 7) is 4.64. The second-order valence-electron chi connectivity index (χ2n) is 5.65. The lowest BCUT2D eigenvalue weighted by atomic mass is 10.0. The summed E-state index contributed by atoms with van der Waals surface area (Å²) in [5.41, 5.74) is 0. The van der Waals surface area contributed by atoms with E-state index in [0.717, 1.165) is 32.4 Å². The van der Waals surface area contributed by atoms with Gasteiger partial charge < -0.3 is 14.4 Å². The number of hydrogen-bond donors (Lipinski definition) is 0. The van der Waals surface area contributed by atoms with E-state index in [9.17, 15) is 4.79 Å². The first-order chi connectivity index (χ1) is 10.2. The van der Waals surface area contributed by atoms with Gasteiger partial charge in [0.1, 0.15) is 11.9 Å². The Hall–Kier alpha value is -1.69. The molecule has 3 heterocycles. The van der Waals surface area contributed by atoms with Crippen LogP contribution in [0.3, 0.4) is 0 Å². The standard InChI is InChI=1S/C15H21N3O3/c1-11-16-6-2-14(17-11)21-13-3-7-18(8-4-13)15(19)12-5-9-20-10-12/h2,6,12-13H,3-5,7-10H2,1H3/t12-/m0/s1. The molecule has 0 unspecified atom stereocenters. The molecule has 6 heteroatoms. The highest BCUT2D eigenvalue weighted by Gasteiger charge is 2.31. The molecule has 2 fully saturated rings. The molecule has 1 atom stereocenters. The number of carbonyl (C=O) groups is 1. The van der Waals surface area contributed by atoms with E-state index in [4.69, 9.17) is 9.47 Å². The van der Waals surface area contributed by atoms with Crippen LogP contribution in [-0.2, 0) is 9.53 Å². The Labute approximate surface area is 124 Å². The molecule has 2 saturated heterocycles. The minimum Gasteiger partial charge on any atom is -0.474 e. The van der Waals surface area contributed by atoms with Crippen LogP contribution in [0.2, 0.25) is 0 Å². The van der Waals surface area contributed by atoms with Crippen molar-refractivity contribution < 1.29 is 14.3 Å². The minimum absolute atomic E-state index is 0.0620. The highest BCUT2D eigenvalue weighted by atomic mass is 16.5. The molecule has 0 saturated carbocycles. The maximum Gasteiger partial charge on any atom is 0.228 e. The second-order valence-corrected chi connectivity index (χ2v) is 5.65. The van der Waals surface area contributed by atoms with Gasteiger partial charge in [-0.25, -0.2) is 4.98 Å². The Bertz CT molecular complexity index is 495. The molecule has 0 aliphatic carbocycles. The number of amides is 1. The fraction of sp³-hybridized carbons (Fsp3) is 0.667. The summed E-state index contributed by atoms with van der Waals surface area (Å²) in [7, 11) is 0. The number of aromatic nitrogens is 2.